The highest BCUT2D eigenvalue weighted by Gasteiger charge is 2.19. The number of benzene rings is 1. The van der Waals surface area contributed by atoms with E-state index < -0.39 is 0 Å². The first-order valence-electron chi connectivity index (χ1n) is 6.02. The molecular weight excluding hydrogens is 194 g/mol. The van der Waals surface area contributed by atoms with Crippen LogP contribution in [0.25, 0.3) is 0 Å². The Morgan fingerprint density at radius 1 is 1.25 bits per heavy atom. The van der Waals surface area contributed by atoms with Crippen LogP contribution in [0.4, 0.5) is 0 Å². The summed E-state index contributed by atoms with van der Waals surface area (Å²) < 4.78 is 0. The molecule has 2 rings (SSSR count). The third-order valence-electron chi connectivity index (χ3n) is 3.45. The molecule has 1 nitrogen and oxygen atoms in total. The van der Waals surface area contributed by atoms with Gasteiger partial charge in [-0.3, -0.25) is 4.90 Å². The third kappa shape index (κ3) is 2.65. The number of nitrogens with zero attached hydrogens (tertiary/aromatic N) is 1. The van der Waals surface area contributed by atoms with Crippen LogP contribution in [-0.4, -0.2) is 24.5 Å². The number of hydrogen-bond donors (Lipinski definition) is 0. The van der Waals surface area contributed by atoms with Crippen molar-refractivity contribution in [2.24, 2.45) is 0 Å². The Kier molecular flexibility index (Phi) is 3.64. The summed E-state index contributed by atoms with van der Waals surface area (Å²) in [7, 11) is 0. The van der Waals surface area contributed by atoms with Gasteiger partial charge in [0.05, 0.1) is 6.54 Å². The van der Waals surface area contributed by atoms with Crippen molar-refractivity contribution in [1.82, 2.24) is 4.90 Å². The lowest BCUT2D eigenvalue weighted by Crippen LogP contribution is -2.33. The molecule has 0 spiro atoms. The van der Waals surface area contributed by atoms with Crippen molar-refractivity contribution >= 4 is 0 Å². The average molecular weight is 213 g/mol. The van der Waals surface area contributed by atoms with Gasteiger partial charge in [-0.2, -0.15) is 0 Å². The molecule has 84 valence electrons. The lowest BCUT2D eigenvalue weighted by atomic mass is 9.89. The van der Waals surface area contributed by atoms with Crippen LogP contribution >= 0.6 is 0 Å². The minimum atomic E-state index is 0.731. The van der Waals surface area contributed by atoms with E-state index in [4.69, 9.17) is 6.42 Å². The summed E-state index contributed by atoms with van der Waals surface area (Å²) in [6.45, 7) is 5.23. The monoisotopic (exact) mass is 213 g/mol. The van der Waals surface area contributed by atoms with Crippen molar-refractivity contribution in [1.29, 1.82) is 0 Å². The summed E-state index contributed by atoms with van der Waals surface area (Å²) >= 11 is 0. The molecule has 0 radical (unpaired) electrons. The Bertz CT molecular complexity index is 363. The fraction of sp³-hybridized carbons (Fsp3) is 0.467. The average Bonchev–Trinajstić information content (AvgIpc) is 2.32. The number of terminal acetylenes is 1. The maximum absolute atomic E-state index is 5.33. The van der Waals surface area contributed by atoms with Crippen molar-refractivity contribution in [3.8, 4) is 12.3 Å². The molecule has 0 saturated carbocycles. The summed E-state index contributed by atoms with van der Waals surface area (Å²) in [6.07, 6.45) is 7.81. The molecule has 1 fully saturated rings. The third-order valence-corrected chi connectivity index (χ3v) is 3.45. The van der Waals surface area contributed by atoms with Crippen molar-refractivity contribution in [2.45, 2.75) is 25.7 Å². The van der Waals surface area contributed by atoms with Gasteiger partial charge in [-0.15, -0.1) is 6.42 Å². The van der Waals surface area contributed by atoms with Gasteiger partial charge in [-0.05, 0) is 44.3 Å². The Labute approximate surface area is 98.5 Å². The van der Waals surface area contributed by atoms with E-state index in [0.29, 0.717) is 0 Å². The number of likely N-dealkylation sites (tertiary alicyclic amines) is 1. The van der Waals surface area contributed by atoms with E-state index in [1.54, 1.807) is 0 Å². The second-order valence-corrected chi connectivity index (χ2v) is 4.67. The highest BCUT2D eigenvalue weighted by Crippen LogP contribution is 2.27. The van der Waals surface area contributed by atoms with Crippen molar-refractivity contribution < 1.29 is 0 Å². The largest absolute Gasteiger partial charge is 0.292 e. The minimum Gasteiger partial charge on any atom is -0.292 e. The fourth-order valence-electron chi connectivity index (χ4n) is 2.39. The summed E-state index contributed by atoms with van der Waals surface area (Å²) in [4.78, 5) is 2.37. The molecule has 0 aromatic heterocycles. The van der Waals surface area contributed by atoms with Gasteiger partial charge in [0.15, 0.2) is 0 Å². The molecular formula is C15H19N. The van der Waals surface area contributed by atoms with E-state index >= 15 is 0 Å². The van der Waals surface area contributed by atoms with E-state index in [1.165, 1.54) is 24.0 Å². The van der Waals surface area contributed by atoms with E-state index in [-0.39, 0.29) is 0 Å². The van der Waals surface area contributed by atoms with Gasteiger partial charge in [-0.25, -0.2) is 0 Å². The molecule has 1 aliphatic rings. The van der Waals surface area contributed by atoms with Crippen molar-refractivity contribution in [3.05, 3.63) is 35.4 Å². The highest BCUT2D eigenvalue weighted by molar-refractivity contribution is 5.24. The lowest BCUT2D eigenvalue weighted by Gasteiger charge is -2.30. The van der Waals surface area contributed by atoms with Gasteiger partial charge in [0.1, 0.15) is 0 Å². The van der Waals surface area contributed by atoms with Crippen molar-refractivity contribution in [2.75, 3.05) is 19.6 Å². The molecule has 0 N–H and O–H groups in total. The lowest BCUT2D eigenvalue weighted by molar-refractivity contribution is 0.236. The number of piperidine rings is 1. The van der Waals surface area contributed by atoms with E-state index in [1.807, 2.05) is 0 Å². The Balaban J connectivity index is 1.94. The molecule has 1 aromatic rings. The Morgan fingerprint density at radius 3 is 2.44 bits per heavy atom. The van der Waals surface area contributed by atoms with Crippen LogP contribution in [0, 0.1) is 19.3 Å². The van der Waals surface area contributed by atoms with Crippen LogP contribution in [-0.2, 0) is 0 Å². The van der Waals surface area contributed by atoms with Crippen LogP contribution in [0.15, 0.2) is 24.3 Å². The first-order valence-corrected chi connectivity index (χ1v) is 6.02. The first-order chi connectivity index (χ1) is 7.79. The first kappa shape index (κ1) is 11.2. The smallest absolute Gasteiger partial charge is 0.0598 e. The Hall–Kier alpha value is -1.26. The molecule has 0 bridgehead atoms. The molecule has 16 heavy (non-hydrogen) atoms. The molecule has 0 amide bonds. The van der Waals surface area contributed by atoms with E-state index in [0.717, 1.165) is 25.6 Å². The van der Waals surface area contributed by atoms with Gasteiger partial charge in [0, 0.05) is 0 Å². The maximum atomic E-state index is 5.33. The summed E-state index contributed by atoms with van der Waals surface area (Å²) in [6, 6.07) is 8.97. The van der Waals surface area contributed by atoms with Crippen LogP contribution in [0.2, 0.25) is 0 Å². The predicted octanol–water partition coefficient (Wildman–Crippen LogP) is 2.81. The summed E-state index contributed by atoms with van der Waals surface area (Å²) in [5.41, 5.74) is 2.83. The zero-order valence-corrected chi connectivity index (χ0v) is 9.95. The fourth-order valence-corrected chi connectivity index (χ4v) is 2.39. The SMILES string of the molecule is C#CCN1CCC(c2ccc(C)cc2)CC1. The number of hydrogen-bond acceptors (Lipinski definition) is 1. The zero-order chi connectivity index (χ0) is 11.4. The Morgan fingerprint density at radius 2 is 1.88 bits per heavy atom. The maximum Gasteiger partial charge on any atom is 0.0598 e. The molecule has 1 aliphatic heterocycles. The summed E-state index contributed by atoms with van der Waals surface area (Å²) in [5.74, 6) is 3.46. The number of rotatable bonds is 2. The molecule has 1 heterocycles. The molecule has 0 atom stereocenters. The quantitative estimate of drug-likeness (QED) is 0.683. The molecule has 0 unspecified atom stereocenters. The molecule has 1 aromatic carbocycles. The topological polar surface area (TPSA) is 3.24 Å². The van der Waals surface area contributed by atoms with Gasteiger partial charge in [0.2, 0.25) is 0 Å². The molecule has 0 aliphatic carbocycles. The van der Waals surface area contributed by atoms with Crippen LogP contribution in [0.5, 0.6) is 0 Å². The summed E-state index contributed by atoms with van der Waals surface area (Å²) in [5, 5.41) is 0. The van der Waals surface area contributed by atoms with Gasteiger partial charge < -0.3 is 0 Å². The van der Waals surface area contributed by atoms with E-state index in [2.05, 4.69) is 42.0 Å². The zero-order valence-electron chi connectivity index (χ0n) is 9.95. The van der Waals surface area contributed by atoms with Crippen LogP contribution in [0.3, 0.4) is 0 Å². The standard InChI is InChI=1S/C15H19N/c1-3-10-16-11-8-15(9-12-16)14-6-4-13(2)5-7-14/h1,4-7,15H,8-12H2,2H3. The van der Waals surface area contributed by atoms with Gasteiger partial charge >= 0.3 is 0 Å². The number of aryl methyl sites for hydroxylation is 1. The molecule has 1 heteroatoms. The van der Waals surface area contributed by atoms with Crippen LogP contribution in [0.1, 0.15) is 29.9 Å². The van der Waals surface area contributed by atoms with Crippen molar-refractivity contribution in [3.63, 3.8) is 0 Å². The normalized spacial score (nSPS) is 18.2. The van der Waals surface area contributed by atoms with Gasteiger partial charge in [0.25, 0.3) is 0 Å². The van der Waals surface area contributed by atoms with E-state index in [9.17, 15) is 0 Å². The second kappa shape index (κ2) is 5.18. The van der Waals surface area contributed by atoms with Crippen LogP contribution < -0.4 is 0 Å². The minimum absolute atomic E-state index is 0.731. The predicted molar refractivity (Wildman–Crippen MR) is 68.4 cm³/mol. The molecule has 1 saturated heterocycles. The second-order valence-electron chi connectivity index (χ2n) is 4.67. The highest BCUT2D eigenvalue weighted by atomic mass is 15.1. The van der Waals surface area contributed by atoms with Gasteiger partial charge in [-0.1, -0.05) is 35.7 Å².